The van der Waals surface area contributed by atoms with Crippen LogP contribution in [0.2, 0.25) is 0 Å². The summed E-state index contributed by atoms with van der Waals surface area (Å²) >= 11 is 1.14. The number of carbonyl (C=O) groups excluding carboxylic acids is 2. The molecule has 6 rings (SSSR count). The van der Waals surface area contributed by atoms with Crippen LogP contribution in [-0.2, 0) is 4.79 Å². The van der Waals surface area contributed by atoms with E-state index in [0.29, 0.717) is 31.7 Å². The van der Waals surface area contributed by atoms with Crippen molar-refractivity contribution >= 4 is 34.6 Å². The first-order valence-corrected chi connectivity index (χ1v) is 11.1. The molecule has 3 aromatic rings. The second kappa shape index (κ2) is 7.19. The van der Waals surface area contributed by atoms with Crippen molar-refractivity contribution in [2.24, 2.45) is 5.92 Å². The molecule has 1 aromatic heterocycles. The predicted octanol–water partition coefficient (Wildman–Crippen LogP) is 2.51. The third kappa shape index (κ3) is 3.29. The van der Waals surface area contributed by atoms with Gasteiger partial charge in [-0.1, -0.05) is 6.07 Å². The first-order chi connectivity index (χ1) is 15.2. The number of amides is 2. The van der Waals surface area contributed by atoms with Crippen LogP contribution in [0.15, 0.2) is 36.4 Å². The summed E-state index contributed by atoms with van der Waals surface area (Å²) in [5.74, 6) is 1.94. The Morgan fingerprint density at radius 1 is 0.903 bits per heavy atom. The fourth-order valence-corrected chi connectivity index (χ4v) is 4.96. The van der Waals surface area contributed by atoms with Crippen molar-refractivity contribution in [2.75, 3.05) is 33.0 Å². The second-order valence-corrected chi connectivity index (χ2v) is 8.68. The molecule has 2 amide bonds. The van der Waals surface area contributed by atoms with E-state index in [1.54, 1.807) is 12.1 Å². The van der Waals surface area contributed by atoms with Gasteiger partial charge in [0.1, 0.15) is 11.0 Å². The molecule has 2 unspecified atom stereocenters. The van der Waals surface area contributed by atoms with E-state index in [2.05, 4.69) is 8.75 Å². The number of piperazine rings is 1. The third-order valence-electron chi connectivity index (χ3n) is 6.31. The lowest BCUT2D eigenvalue weighted by Crippen LogP contribution is -2.51. The molecule has 31 heavy (non-hydrogen) atoms. The summed E-state index contributed by atoms with van der Waals surface area (Å²) in [4.78, 5) is 29.6. The lowest BCUT2D eigenvalue weighted by atomic mass is 10.1. The van der Waals surface area contributed by atoms with E-state index in [1.165, 1.54) is 0 Å². The molecule has 3 aliphatic rings. The molecule has 2 aliphatic heterocycles. The lowest BCUT2D eigenvalue weighted by Gasteiger charge is -2.35. The zero-order valence-corrected chi connectivity index (χ0v) is 17.5. The molecule has 3 heterocycles. The highest BCUT2D eigenvalue weighted by molar-refractivity contribution is 7.00. The summed E-state index contributed by atoms with van der Waals surface area (Å²) < 4.78 is 19.2. The quantitative estimate of drug-likeness (QED) is 0.627. The molecule has 0 N–H and O–H groups in total. The number of ether oxygens (including phenoxy) is 2. The number of rotatable bonds is 3. The molecule has 2 fully saturated rings. The largest absolute Gasteiger partial charge is 0.454 e. The van der Waals surface area contributed by atoms with Crippen molar-refractivity contribution in [1.29, 1.82) is 0 Å². The standard InChI is InChI=1S/C22H20N4O4S/c27-21(14-1-3-17-18(9-14)24-31-23-17)25-5-7-26(8-6-25)22(28)16-11-15(16)13-2-4-19-20(10-13)30-12-29-19/h1-4,9-10,15-16H,5-8,11-12H2. The fraction of sp³-hybridized carbons (Fsp3) is 0.364. The van der Waals surface area contributed by atoms with Crippen LogP contribution in [0, 0.1) is 5.92 Å². The third-order valence-corrected chi connectivity index (χ3v) is 6.87. The van der Waals surface area contributed by atoms with Crippen LogP contribution in [-0.4, -0.2) is 63.3 Å². The molecule has 0 bridgehead atoms. The number of hydrogen-bond acceptors (Lipinski definition) is 7. The monoisotopic (exact) mass is 436 g/mol. The predicted molar refractivity (Wildman–Crippen MR) is 113 cm³/mol. The van der Waals surface area contributed by atoms with Crippen LogP contribution in [0.3, 0.4) is 0 Å². The Morgan fingerprint density at radius 3 is 2.55 bits per heavy atom. The van der Waals surface area contributed by atoms with Gasteiger partial charge in [-0.15, -0.1) is 0 Å². The fourth-order valence-electron chi connectivity index (χ4n) is 4.44. The van der Waals surface area contributed by atoms with Gasteiger partial charge in [0.05, 0.1) is 11.7 Å². The molecule has 9 heteroatoms. The molecule has 2 aromatic carbocycles. The molecule has 1 saturated carbocycles. The SMILES string of the molecule is O=C(c1ccc2nsnc2c1)N1CCN(C(=O)C2CC2c2ccc3c(c2)OCO3)CC1. The number of benzene rings is 2. The number of aromatic nitrogens is 2. The van der Waals surface area contributed by atoms with Crippen LogP contribution in [0.1, 0.15) is 28.3 Å². The van der Waals surface area contributed by atoms with Crippen molar-refractivity contribution in [3.8, 4) is 11.5 Å². The minimum atomic E-state index is -0.0216. The molecule has 0 spiro atoms. The van der Waals surface area contributed by atoms with Gasteiger partial charge in [0.2, 0.25) is 12.7 Å². The van der Waals surface area contributed by atoms with Crippen LogP contribution in [0.25, 0.3) is 11.0 Å². The van der Waals surface area contributed by atoms with E-state index in [4.69, 9.17) is 9.47 Å². The second-order valence-electron chi connectivity index (χ2n) is 8.15. The summed E-state index contributed by atoms with van der Waals surface area (Å²) in [6.45, 7) is 2.47. The van der Waals surface area contributed by atoms with Gasteiger partial charge in [0.15, 0.2) is 11.5 Å². The van der Waals surface area contributed by atoms with Crippen LogP contribution in [0.4, 0.5) is 0 Å². The molecule has 158 valence electrons. The highest BCUT2D eigenvalue weighted by atomic mass is 32.1. The topological polar surface area (TPSA) is 84.9 Å². The lowest BCUT2D eigenvalue weighted by molar-refractivity contribution is -0.134. The van der Waals surface area contributed by atoms with E-state index in [-0.39, 0.29) is 30.4 Å². The molecule has 2 atom stereocenters. The van der Waals surface area contributed by atoms with E-state index in [9.17, 15) is 9.59 Å². The van der Waals surface area contributed by atoms with Gasteiger partial charge in [0.25, 0.3) is 5.91 Å². The Labute approximate surface area is 182 Å². The first-order valence-electron chi connectivity index (χ1n) is 10.4. The molecule has 1 aliphatic carbocycles. The maximum atomic E-state index is 13.0. The first kappa shape index (κ1) is 18.6. The van der Waals surface area contributed by atoms with Gasteiger partial charge in [-0.25, -0.2) is 0 Å². The Kier molecular flexibility index (Phi) is 4.31. The summed E-state index contributed by atoms with van der Waals surface area (Å²) in [5, 5.41) is 0. The Hall–Kier alpha value is -3.20. The van der Waals surface area contributed by atoms with Gasteiger partial charge in [0, 0.05) is 37.7 Å². The van der Waals surface area contributed by atoms with Crippen molar-refractivity contribution in [2.45, 2.75) is 12.3 Å². The smallest absolute Gasteiger partial charge is 0.254 e. The molecular weight excluding hydrogens is 416 g/mol. The Morgan fingerprint density at radius 2 is 1.68 bits per heavy atom. The summed E-state index contributed by atoms with van der Waals surface area (Å²) in [7, 11) is 0. The normalized spacial score (nSPS) is 22.1. The maximum Gasteiger partial charge on any atom is 0.254 e. The molecule has 1 saturated heterocycles. The van der Waals surface area contributed by atoms with Gasteiger partial charge in [-0.2, -0.15) is 8.75 Å². The number of hydrogen-bond donors (Lipinski definition) is 0. The highest BCUT2D eigenvalue weighted by Gasteiger charge is 2.46. The molecule has 8 nitrogen and oxygen atoms in total. The zero-order valence-electron chi connectivity index (χ0n) is 16.7. The van der Waals surface area contributed by atoms with Crippen molar-refractivity contribution in [1.82, 2.24) is 18.5 Å². The maximum absolute atomic E-state index is 13.0. The molecular formula is C22H20N4O4S. The van der Waals surface area contributed by atoms with E-state index < -0.39 is 0 Å². The molecule has 0 radical (unpaired) electrons. The van der Waals surface area contributed by atoms with Crippen LogP contribution >= 0.6 is 11.7 Å². The van der Waals surface area contributed by atoms with Crippen LogP contribution in [0.5, 0.6) is 11.5 Å². The average Bonchev–Trinajstić information content (AvgIpc) is 3.23. The van der Waals surface area contributed by atoms with Crippen molar-refractivity contribution in [3.05, 3.63) is 47.5 Å². The Balaban J connectivity index is 1.07. The van der Waals surface area contributed by atoms with Crippen molar-refractivity contribution < 1.29 is 19.1 Å². The van der Waals surface area contributed by atoms with E-state index in [0.717, 1.165) is 46.2 Å². The zero-order chi connectivity index (χ0) is 20.9. The van der Waals surface area contributed by atoms with E-state index in [1.807, 2.05) is 34.1 Å². The minimum Gasteiger partial charge on any atom is -0.454 e. The highest BCUT2D eigenvalue weighted by Crippen LogP contribution is 2.50. The van der Waals surface area contributed by atoms with E-state index >= 15 is 0 Å². The van der Waals surface area contributed by atoms with Gasteiger partial charge in [-0.3, -0.25) is 9.59 Å². The van der Waals surface area contributed by atoms with Crippen molar-refractivity contribution in [3.63, 3.8) is 0 Å². The Bertz CT molecular complexity index is 1190. The van der Waals surface area contributed by atoms with Gasteiger partial charge < -0.3 is 19.3 Å². The van der Waals surface area contributed by atoms with Gasteiger partial charge >= 0.3 is 0 Å². The number of nitrogens with zero attached hydrogens (tertiary/aromatic N) is 4. The number of carbonyl (C=O) groups is 2. The summed E-state index contributed by atoms with van der Waals surface area (Å²) in [6.07, 6.45) is 0.860. The number of fused-ring (bicyclic) bond motifs is 2. The summed E-state index contributed by atoms with van der Waals surface area (Å²) in [5.41, 5.74) is 3.29. The average molecular weight is 436 g/mol. The minimum absolute atomic E-state index is 0.0159. The van der Waals surface area contributed by atoms with Crippen LogP contribution < -0.4 is 9.47 Å². The van der Waals surface area contributed by atoms with Gasteiger partial charge in [-0.05, 0) is 48.2 Å². The summed E-state index contributed by atoms with van der Waals surface area (Å²) in [6, 6.07) is 11.3.